The Bertz CT molecular complexity index is 1090. The van der Waals surface area contributed by atoms with E-state index in [-0.39, 0.29) is 31.3 Å². The molecule has 3 rings (SSSR count). The van der Waals surface area contributed by atoms with Crippen LogP contribution < -0.4 is 0 Å². The third-order valence-corrected chi connectivity index (χ3v) is 5.19. The third-order valence-electron chi connectivity index (χ3n) is 5.19. The van der Waals surface area contributed by atoms with Crippen molar-refractivity contribution < 1.29 is 24.1 Å². The van der Waals surface area contributed by atoms with Crippen molar-refractivity contribution in [2.75, 3.05) is 6.61 Å². The topological polar surface area (TPSA) is 84.6 Å². The first-order chi connectivity index (χ1) is 15.3. The van der Waals surface area contributed by atoms with E-state index >= 15 is 0 Å². The van der Waals surface area contributed by atoms with E-state index in [1.54, 1.807) is 43.6 Å². The van der Waals surface area contributed by atoms with Gasteiger partial charge in [0.1, 0.15) is 5.82 Å². The number of benzene rings is 1. The Morgan fingerprint density at radius 1 is 1.22 bits per heavy atom. The Morgan fingerprint density at radius 3 is 2.59 bits per heavy atom. The zero-order valence-electron chi connectivity index (χ0n) is 18.5. The molecule has 0 aliphatic rings. The highest BCUT2D eigenvalue weighted by Crippen LogP contribution is 2.37. The smallest absolute Gasteiger partial charge is 0.308 e. The molecular formula is C25H29FN2O4. The van der Waals surface area contributed by atoms with Gasteiger partial charge < -0.3 is 19.5 Å². The lowest BCUT2D eigenvalue weighted by molar-refractivity contribution is -0.145. The number of ether oxygens (including phenoxy) is 1. The average molecular weight is 441 g/mol. The summed E-state index contributed by atoms with van der Waals surface area (Å²) in [4.78, 5) is 15.8. The number of hydrogen-bond donors (Lipinski definition) is 2. The number of aliphatic hydroxyl groups excluding tert-OH is 2. The molecule has 0 saturated carbocycles. The molecule has 0 radical (unpaired) electrons. The standard InChI is InChI=1S/C25H29FN2O4/c1-4-32-24(31)14-20(30)13-19(29)9-10-23-25(17-5-7-18(26)8-6-17)21-15-27-12-11-22(21)28(23)16(2)3/h5-12,15-16,19-20,29-30H,4,13-14H2,1-3H3/b10-9+. The molecule has 32 heavy (non-hydrogen) atoms. The summed E-state index contributed by atoms with van der Waals surface area (Å²) in [6, 6.07) is 8.31. The maximum Gasteiger partial charge on any atom is 0.308 e. The molecule has 0 aliphatic carbocycles. The van der Waals surface area contributed by atoms with Crippen LogP contribution >= 0.6 is 0 Å². The van der Waals surface area contributed by atoms with Crippen LogP contribution in [-0.4, -0.2) is 44.5 Å². The van der Waals surface area contributed by atoms with E-state index in [1.165, 1.54) is 12.1 Å². The number of carbonyl (C=O) groups is 1. The van der Waals surface area contributed by atoms with Crippen molar-refractivity contribution in [1.29, 1.82) is 0 Å². The van der Waals surface area contributed by atoms with E-state index in [0.717, 1.165) is 27.7 Å². The maximum atomic E-state index is 13.5. The fourth-order valence-electron chi connectivity index (χ4n) is 3.87. The fraction of sp³-hybridized carbons (Fsp3) is 0.360. The van der Waals surface area contributed by atoms with Crippen LogP contribution in [0.15, 0.2) is 48.8 Å². The molecule has 170 valence electrons. The van der Waals surface area contributed by atoms with Crippen molar-refractivity contribution in [2.24, 2.45) is 0 Å². The SMILES string of the molecule is CCOC(=O)CC(O)CC(O)/C=C/c1c(-c2ccc(F)cc2)c2cnccc2n1C(C)C. The Labute approximate surface area is 187 Å². The van der Waals surface area contributed by atoms with Crippen LogP contribution in [-0.2, 0) is 9.53 Å². The van der Waals surface area contributed by atoms with Gasteiger partial charge in [0.25, 0.3) is 0 Å². The van der Waals surface area contributed by atoms with Gasteiger partial charge in [-0.1, -0.05) is 18.2 Å². The molecule has 0 amide bonds. The number of nitrogens with zero attached hydrogens (tertiary/aromatic N) is 2. The van der Waals surface area contributed by atoms with E-state index in [4.69, 9.17) is 4.74 Å². The molecule has 2 aromatic heterocycles. The molecule has 0 spiro atoms. The maximum absolute atomic E-state index is 13.5. The van der Waals surface area contributed by atoms with Gasteiger partial charge in [0.2, 0.25) is 0 Å². The van der Waals surface area contributed by atoms with Crippen molar-refractivity contribution >= 4 is 22.9 Å². The predicted molar refractivity (Wildman–Crippen MR) is 122 cm³/mol. The van der Waals surface area contributed by atoms with Crippen LogP contribution in [0.2, 0.25) is 0 Å². The highest BCUT2D eigenvalue weighted by Gasteiger charge is 2.20. The molecule has 6 nitrogen and oxygen atoms in total. The third kappa shape index (κ3) is 5.41. The van der Waals surface area contributed by atoms with Crippen LogP contribution in [0.25, 0.3) is 28.1 Å². The van der Waals surface area contributed by atoms with E-state index in [9.17, 15) is 19.4 Å². The summed E-state index contributed by atoms with van der Waals surface area (Å²) < 4.78 is 20.5. The number of aliphatic hydroxyl groups is 2. The molecule has 2 atom stereocenters. The molecule has 1 aromatic carbocycles. The first kappa shape index (κ1) is 23.6. The monoisotopic (exact) mass is 440 g/mol. The molecule has 0 aliphatic heterocycles. The molecule has 2 unspecified atom stereocenters. The Morgan fingerprint density at radius 2 is 1.94 bits per heavy atom. The van der Waals surface area contributed by atoms with Gasteiger partial charge in [0, 0.05) is 41.5 Å². The van der Waals surface area contributed by atoms with E-state index in [1.807, 2.05) is 6.07 Å². The molecule has 0 fully saturated rings. The van der Waals surface area contributed by atoms with E-state index in [2.05, 4.69) is 23.4 Å². The van der Waals surface area contributed by atoms with Crippen molar-refractivity contribution in [3.63, 3.8) is 0 Å². The summed E-state index contributed by atoms with van der Waals surface area (Å²) in [6.45, 7) is 6.06. The van der Waals surface area contributed by atoms with Crippen molar-refractivity contribution in [3.05, 3.63) is 60.3 Å². The summed E-state index contributed by atoms with van der Waals surface area (Å²) in [7, 11) is 0. The predicted octanol–water partition coefficient (Wildman–Crippen LogP) is 4.50. The minimum Gasteiger partial charge on any atom is -0.466 e. The zero-order chi connectivity index (χ0) is 23.3. The van der Waals surface area contributed by atoms with Gasteiger partial charge in [-0.25, -0.2) is 4.39 Å². The number of esters is 1. The van der Waals surface area contributed by atoms with E-state index in [0.29, 0.717) is 0 Å². The Balaban J connectivity index is 1.97. The largest absolute Gasteiger partial charge is 0.466 e. The van der Waals surface area contributed by atoms with Crippen molar-refractivity contribution in [1.82, 2.24) is 9.55 Å². The number of halogens is 1. The lowest BCUT2D eigenvalue weighted by atomic mass is 10.0. The first-order valence-electron chi connectivity index (χ1n) is 10.8. The van der Waals surface area contributed by atoms with Gasteiger partial charge in [0.05, 0.1) is 30.8 Å². The quantitative estimate of drug-likeness (QED) is 0.479. The minimum atomic E-state index is -1.01. The second-order valence-electron chi connectivity index (χ2n) is 7.95. The van der Waals surface area contributed by atoms with Crippen LogP contribution in [0.5, 0.6) is 0 Å². The Kier molecular flexibility index (Phi) is 7.77. The lowest BCUT2D eigenvalue weighted by Crippen LogP contribution is -2.20. The number of aromatic nitrogens is 2. The van der Waals surface area contributed by atoms with Gasteiger partial charge in [-0.2, -0.15) is 0 Å². The second-order valence-corrected chi connectivity index (χ2v) is 7.95. The normalized spacial score (nSPS) is 13.7. The molecule has 0 saturated heterocycles. The summed E-state index contributed by atoms with van der Waals surface area (Å²) >= 11 is 0. The molecular weight excluding hydrogens is 411 g/mol. The average Bonchev–Trinajstić information content (AvgIpc) is 3.07. The zero-order valence-corrected chi connectivity index (χ0v) is 18.5. The first-order valence-corrected chi connectivity index (χ1v) is 10.8. The molecule has 3 aromatic rings. The van der Waals surface area contributed by atoms with Gasteiger partial charge in [0.15, 0.2) is 0 Å². The number of pyridine rings is 1. The highest BCUT2D eigenvalue weighted by atomic mass is 19.1. The lowest BCUT2D eigenvalue weighted by Gasteiger charge is -2.15. The van der Waals surface area contributed by atoms with Gasteiger partial charge in [-0.3, -0.25) is 9.78 Å². The van der Waals surface area contributed by atoms with Crippen molar-refractivity contribution in [2.45, 2.75) is 51.9 Å². The number of fused-ring (bicyclic) bond motifs is 1. The molecule has 2 N–H and O–H groups in total. The van der Waals surface area contributed by atoms with Gasteiger partial charge in [-0.05, 0) is 50.6 Å². The number of hydrogen-bond acceptors (Lipinski definition) is 5. The Hall–Kier alpha value is -3.03. The molecule has 2 heterocycles. The van der Waals surface area contributed by atoms with Crippen molar-refractivity contribution in [3.8, 4) is 11.1 Å². The van der Waals surface area contributed by atoms with Crippen LogP contribution in [0.4, 0.5) is 4.39 Å². The highest BCUT2D eigenvalue weighted by molar-refractivity contribution is 6.00. The van der Waals surface area contributed by atoms with Crippen LogP contribution in [0.3, 0.4) is 0 Å². The van der Waals surface area contributed by atoms with Gasteiger partial charge in [-0.15, -0.1) is 0 Å². The van der Waals surface area contributed by atoms with Gasteiger partial charge >= 0.3 is 5.97 Å². The van der Waals surface area contributed by atoms with Crippen LogP contribution in [0.1, 0.15) is 45.3 Å². The summed E-state index contributed by atoms with van der Waals surface area (Å²) in [5.41, 5.74) is 3.54. The fourth-order valence-corrected chi connectivity index (χ4v) is 3.87. The summed E-state index contributed by atoms with van der Waals surface area (Å²) in [5.74, 6) is -0.815. The number of carbonyl (C=O) groups excluding carboxylic acids is 1. The second kappa shape index (κ2) is 10.5. The number of rotatable bonds is 9. The van der Waals surface area contributed by atoms with Crippen LogP contribution in [0, 0.1) is 5.82 Å². The summed E-state index contributed by atoms with van der Waals surface area (Å²) in [5, 5.41) is 21.5. The minimum absolute atomic E-state index is 0.00462. The van der Waals surface area contributed by atoms with E-state index < -0.39 is 18.2 Å². The molecule has 7 heteroatoms. The molecule has 0 bridgehead atoms. The summed E-state index contributed by atoms with van der Waals surface area (Å²) in [6.07, 6.45) is 4.78.